The molecule has 0 aromatic rings. The molecule has 0 unspecified atom stereocenters. The van der Waals surface area contributed by atoms with Gasteiger partial charge in [0.1, 0.15) is 12.9 Å². The lowest BCUT2D eigenvalue weighted by molar-refractivity contribution is -0.112. The van der Waals surface area contributed by atoms with Crippen LogP contribution in [0.15, 0.2) is 12.7 Å². The molecule has 0 aromatic carbocycles. The van der Waals surface area contributed by atoms with Crippen molar-refractivity contribution in [3.8, 4) is 0 Å². The van der Waals surface area contributed by atoms with Gasteiger partial charge < -0.3 is 24.1 Å². The standard InChI is InChI=1S/C16H30O5/c1-6-13(19-5)8-7-11(2)15(20-10-18-4)12(3)16-14(9-17)21-16/h6,11-17H,1,7-10H2,2-5H3/t11-,12+,13-,14+,15-,16+/m1/s1. The molecular weight excluding hydrogens is 272 g/mol. The fourth-order valence-corrected chi connectivity index (χ4v) is 2.86. The van der Waals surface area contributed by atoms with E-state index in [1.807, 2.05) is 6.08 Å². The van der Waals surface area contributed by atoms with Gasteiger partial charge in [0.05, 0.1) is 24.9 Å². The lowest BCUT2D eigenvalue weighted by Crippen LogP contribution is -2.34. The van der Waals surface area contributed by atoms with Crippen LogP contribution in [0.25, 0.3) is 0 Å². The van der Waals surface area contributed by atoms with Gasteiger partial charge in [-0.15, -0.1) is 6.58 Å². The average Bonchev–Trinajstić information content (AvgIpc) is 3.28. The van der Waals surface area contributed by atoms with Crippen molar-refractivity contribution in [3.05, 3.63) is 12.7 Å². The van der Waals surface area contributed by atoms with Crippen molar-refractivity contribution in [1.82, 2.24) is 0 Å². The number of aliphatic hydroxyl groups is 1. The first kappa shape index (κ1) is 18.6. The zero-order valence-corrected chi connectivity index (χ0v) is 13.7. The van der Waals surface area contributed by atoms with Crippen molar-refractivity contribution in [3.63, 3.8) is 0 Å². The Hall–Kier alpha value is -0.460. The summed E-state index contributed by atoms with van der Waals surface area (Å²) in [6.45, 7) is 8.39. The Morgan fingerprint density at radius 1 is 1.29 bits per heavy atom. The Morgan fingerprint density at radius 3 is 2.48 bits per heavy atom. The number of ether oxygens (including phenoxy) is 4. The molecule has 1 aliphatic rings. The van der Waals surface area contributed by atoms with Crippen LogP contribution in [0.5, 0.6) is 0 Å². The van der Waals surface area contributed by atoms with Crippen LogP contribution < -0.4 is 0 Å². The Bertz CT molecular complexity index is 296. The van der Waals surface area contributed by atoms with Crippen LogP contribution in [-0.4, -0.2) is 57.1 Å². The summed E-state index contributed by atoms with van der Waals surface area (Å²) in [5.41, 5.74) is 0. The Labute approximate surface area is 128 Å². The first-order valence-electron chi connectivity index (χ1n) is 7.61. The highest BCUT2D eigenvalue weighted by Crippen LogP contribution is 2.35. The minimum atomic E-state index is -0.0410. The summed E-state index contributed by atoms with van der Waals surface area (Å²) in [6.07, 6.45) is 3.86. The zero-order valence-electron chi connectivity index (χ0n) is 13.7. The van der Waals surface area contributed by atoms with Gasteiger partial charge in [-0.2, -0.15) is 0 Å². The van der Waals surface area contributed by atoms with Gasteiger partial charge in [-0.3, -0.25) is 0 Å². The van der Waals surface area contributed by atoms with Crippen LogP contribution in [0.3, 0.4) is 0 Å². The minimum Gasteiger partial charge on any atom is -0.394 e. The molecule has 1 fully saturated rings. The van der Waals surface area contributed by atoms with Crippen molar-refractivity contribution in [2.45, 2.75) is 51.1 Å². The molecule has 1 saturated heterocycles. The Morgan fingerprint density at radius 2 is 2.00 bits per heavy atom. The number of rotatable bonds is 12. The third-order valence-corrected chi connectivity index (χ3v) is 4.25. The van der Waals surface area contributed by atoms with Crippen molar-refractivity contribution in [2.75, 3.05) is 27.6 Å². The van der Waals surface area contributed by atoms with E-state index in [-0.39, 0.29) is 43.7 Å². The average molecular weight is 302 g/mol. The van der Waals surface area contributed by atoms with Gasteiger partial charge in [-0.25, -0.2) is 0 Å². The molecule has 0 amide bonds. The van der Waals surface area contributed by atoms with Crippen LogP contribution in [0, 0.1) is 11.8 Å². The van der Waals surface area contributed by atoms with E-state index < -0.39 is 0 Å². The fourth-order valence-electron chi connectivity index (χ4n) is 2.86. The summed E-state index contributed by atoms with van der Waals surface area (Å²) in [5.74, 6) is 0.563. The Kier molecular flexibility index (Phi) is 8.44. The fraction of sp³-hybridized carbons (Fsp3) is 0.875. The van der Waals surface area contributed by atoms with E-state index in [0.717, 1.165) is 12.8 Å². The third-order valence-electron chi connectivity index (χ3n) is 4.25. The van der Waals surface area contributed by atoms with Crippen LogP contribution >= 0.6 is 0 Å². The summed E-state index contributed by atoms with van der Waals surface area (Å²) < 4.78 is 21.7. The first-order chi connectivity index (χ1) is 10.1. The summed E-state index contributed by atoms with van der Waals surface area (Å²) in [7, 11) is 3.32. The monoisotopic (exact) mass is 302 g/mol. The highest BCUT2D eigenvalue weighted by atomic mass is 16.7. The molecule has 1 N–H and O–H groups in total. The summed E-state index contributed by atoms with van der Waals surface area (Å²) in [5, 5.41) is 9.14. The van der Waals surface area contributed by atoms with Crippen molar-refractivity contribution >= 4 is 0 Å². The van der Waals surface area contributed by atoms with Crippen molar-refractivity contribution in [2.24, 2.45) is 11.8 Å². The number of methoxy groups -OCH3 is 2. The molecular formula is C16H30O5. The van der Waals surface area contributed by atoms with E-state index >= 15 is 0 Å². The lowest BCUT2D eigenvalue weighted by atomic mass is 9.86. The predicted octanol–water partition coefficient (Wildman–Crippen LogP) is 1.99. The molecule has 1 rings (SSSR count). The normalized spacial score (nSPS) is 26.9. The second-order valence-corrected chi connectivity index (χ2v) is 5.78. The largest absolute Gasteiger partial charge is 0.394 e. The molecule has 6 atom stereocenters. The maximum atomic E-state index is 9.14. The van der Waals surface area contributed by atoms with Gasteiger partial charge in [-0.05, 0) is 18.8 Å². The SMILES string of the molecule is C=C[C@H](CC[C@@H](C)[C@@H](OCOC)[C@H](C)[C@@H]1O[C@H]1CO)OC. The van der Waals surface area contributed by atoms with E-state index in [4.69, 9.17) is 24.1 Å². The molecule has 0 bridgehead atoms. The summed E-state index contributed by atoms with van der Waals surface area (Å²) in [4.78, 5) is 0. The van der Waals surface area contributed by atoms with Gasteiger partial charge in [0, 0.05) is 20.1 Å². The summed E-state index contributed by atoms with van der Waals surface area (Å²) in [6, 6.07) is 0. The molecule has 0 radical (unpaired) electrons. The second kappa shape index (κ2) is 9.54. The van der Waals surface area contributed by atoms with E-state index in [2.05, 4.69) is 20.4 Å². The van der Waals surface area contributed by atoms with Gasteiger partial charge in [0.15, 0.2) is 0 Å². The van der Waals surface area contributed by atoms with Crippen LogP contribution in [0.2, 0.25) is 0 Å². The van der Waals surface area contributed by atoms with E-state index in [1.165, 1.54) is 0 Å². The smallest absolute Gasteiger partial charge is 0.146 e. The molecule has 124 valence electrons. The molecule has 0 aliphatic carbocycles. The molecule has 0 aromatic heterocycles. The molecule has 1 aliphatic heterocycles. The first-order valence-corrected chi connectivity index (χ1v) is 7.61. The maximum absolute atomic E-state index is 9.14. The van der Waals surface area contributed by atoms with Gasteiger partial charge in [0.25, 0.3) is 0 Å². The quantitative estimate of drug-likeness (QED) is 0.339. The highest BCUT2D eigenvalue weighted by Gasteiger charge is 2.46. The van der Waals surface area contributed by atoms with E-state index in [1.54, 1.807) is 14.2 Å². The molecule has 1 heterocycles. The zero-order chi connectivity index (χ0) is 15.8. The van der Waals surface area contributed by atoms with Crippen LogP contribution in [0.4, 0.5) is 0 Å². The third kappa shape index (κ3) is 5.68. The molecule has 21 heavy (non-hydrogen) atoms. The predicted molar refractivity (Wildman–Crippen MR) is 81.1 cm³/mol. The maximum Gasteiger partial charge on any atom is 0.146 e. The van der Waals surface area contributed by atoms with Crippen LogP contribution in [0.1, 0.15) is 26.7 Å². The van der Waals surface area contributed by atoms with E-state index in [9.17, 15) is 0 Å². The topological polar surface area (TPSA) is 60.5 Å². The minimum absolute atomic E-state index is 0.0359. The van der Waals surface area contributed by atoms with Crippen molar-refractivity contribution in [1.29, 1.82) is 0 Å². The lowest BCUT2D eigenvalue weighted by Gasteiger charge is -2.29. The van der Waals surface area contributed by atoms with Crippen molar-refractivity contribution < 1.29 is 24.1 Å². The molecule has 0 saturated carbocycles. The number of hydrogen-bond donors (Lipinski definition) is 1. The van der Waals surface area contributed by atoms with Gasteiger partial charge >= 0.3 is 0 Å². The summed E-state index contributed by atoms with van der Waals surface area (Å²) >= 11 is 0. The Balaban J connectivity index is 2.52. The molecule has 0 spiro atoms. The molecule has 5 nitrogen and oxygen atoms in total. The van der Waals surface area contributed by atoms with Gasteiger partial charge in [-0.1, -0.05) is 19.9 Å². The van der Waals surface area contributed by atoms with Gasteiger partial charge in [0.2, 0.25) is 0 Å². The second-order valence-electron chi connectivity index (χ2n) is 5.78. The van der Waals surface area contributed by atoms with Crippen LogP contribution in [-0.2, 0) is 18.9 Å². The number of aliphatic hydroxyl groups excluding tert-OH is 1. The molecule has 5 heteroatoms. The highest BCUT2D eigenvalue weighted by molar-refractivity contribution is 4.93. The number of hydrogen-bond acceptors (Lipinski definition) is 5. The number of epoxide rings is 1. The van der Waals surface area contributed by atoms with E-state index in [0.29, 0.717) is 5.92 Å².